The summed E-state index contributed by atoms with van der Waals surface area (Å²) in [7, 11) is 1.60. The van der Waals surface area contributed by atoms with Crippen molar-refractivity contribution in [3.05, 3.63) is 50.1 Å². The van der Waals surface area contributed by atoms with Crippen LogP contribution in [0.25, 0.3) is 0 Å². The number of nitrogens with zero attached hydrogens (tertiary/aromatic N) is 1. The molecule has 1 amide bonds. The van der Waals surface area contributed by atoms with Gasteiger partial charge in [-0.05, 0) is 37.3 Å². The van der Waals surface area contributed by atoms with Gasteiger partial charge in [0.05, 0.1) is 17.0 Å². The Morgan fingerprint density at radius 2 is 2.09 bits per heavy atom. The van der Waals surface area contributed by atoms with E-state index in [-0.39, 0.29) is 12.2 Å². The summed E-state index contributed by atoms with van der Waals surface area (Å²) in [6.45, 7) is 1.91. The SMILES string of the molecule is Cc1ccc(C(=O)C[C@]2(O)C(=O)N(C)c3ccc(Br)cc32)s1. The van der Waals surface area contributed by atoms with Crippen LogP contribution in [0.5, 0.6) is 0 Å². The Morgan fingerprint density at radius 1 is 1.36 bits per heavy atom. The number of halogens is 1. The molecule has 0 spiro atoms. The molecule has 114 valence electrons. The van der Waals surface area contributed by atoms with Crippen LogP contribution >= 0.6 is 27.3 Å². The molecule has 0 bridgehead atoms. The second-order valence-corrected chi connectivity index (χ2v) is 7.60. The number of aliphatic hydroxyl groups is 1. The van der Waals surface area contributed by atoms with E-state index in [0.29, 0.717) is 16.1 Å². The molecule has 22 heavy (non-hydrogen) atoms. The molecular formula is C16H14BrNO3S. The van der Waals surface area contributed by atoms with Crippen molar-refractivity contribution >= 4 is 44.6 Å². The number of aryl methyl sites for hydroxylation is 1. The molecule has 1 atom stereocenters. The molecule has 4 nitrogen and oxygen atoms in total. The summed E-state index contributed by atoms with van der Waals surface area (Å²) in [5.74, 6) is -0.697. The largest absolute Gasteiger partial charge is 0.375 e. The Bertz CT molecular complexity index is 785. The molecule has 1 aromatic carbocycles. The van der Waals surface area contributed by atoms with Gasteiger partial charge in [0.15, 0.2) is 11.4 Å². The molecular weight excluding hydrogens is 366 g/mol. The first kappa shape index (κ1) is 15.4. The summed E-state index contributed by atoms with van der Waals surface area (Å²) in [6, 6.07) is 8.85. The van der Waals surface area contributed by atoms with Gasteiger partial charge in [-0.25, -0.2) is 0 Å². The number of carbonyl (C=O) groups excluding carboxylic acids is 2. The van der Waals surface area contributed by atoms with E-state index < -0.39 is 11.5 Å². The zero-order valence-electron chi connectivity index (χ0n) is 12.1. The first-order valence-electron chi connectivity index (χ1n) is 6.73. The Kier molecular flexibility index (Phi) is 3.71. The number of hydrogen-bond acceptors (Lipinski definition) is 4. The van der Waals surface area contributed by atoms with Crippen LogP contribution in [0.15, 0.2) is 34.8 Å². The van der Waals surface area contributed by atoms with Gasteiger partial charge in [0.2, 0.25) is 0 Å². The lowest BCUT2D eigenvalue weighted by Crippen LogP contribution is -2.40. The fourth-order valence-corrected chi connectivity index (χ4v) is 3.87. The van der Waals surface area contributed by atoms with Gasteiger partial charge in [0.25, 0.3) is 5.91 Å². The number of fused-ring (bicyclic) bond motifs is 1. The fraction of sp³-hybridized carbons (Fsp3) is 0.250. The number of rotatable bonds is 3. The number of likely N-dealkylation sites (N-methyl/N-ethyl adjacent to an activating group) is 1. The van der Waals surface area contributed by atoms with Crippen molar-refractivity contribution in [3.63, 3.8) is 0 Å². The highest BCUT2D eigenvalue weighted by atomic mass is 79.9. The van der Waals surface area contributed by atoms with Gasteiger partial charge in [0, 0.05) is 22.0 Å². The molecule has 1 aliphatic rings. The summed E-state index contributed by atoms with van der Waals surface area (Å²) < 4.78 is 0.757. The molecule has 3 rings (SSSR count). The predicted molar refractivity (Wildman–Crippen MR) is 89.5 cm³/mol. The Morgan fingerprint density at radius 3 is 2.73 bits per heavy atom. The third-order valence-corrected chi connectivity index (χ3v) is 5.39. The smallest absolute Gasteiger partial charge is 0.263 e. The quantitative estimate of drug-likeness (QED) is 0.832. The second-order valence-electron chi connectivity index (χ2n) is 5.40. The minimum absolute atomic E-state index is 0.227. The van der Waals surface area contributed by atoms with E-state index in [4.69, 9.17) is 0 Å². The van der Waals surface area contributed by atoms with E-state index in [9.17, 15) is 14.7 Å². The number of thiophene rings is 1. The van der Waals surface area contributed by atoms with Crippen LogP contribution in [-0.2, 0) is 10.4 Å². The van der Waals surface area contributed by atoms with E-state index >= 15 is 0 Å². The van der Waals surface area contributed by atoms with Gasteiger partial charge >= 0.3 is 0 Å². The Labute approximate surface area is 140 Å². The van der Waals surface area contributed by atoms with Crippen molar-refractivity contribution in [2.45, 2.75) is 18.9 Å². The number of benzene rings is 1. The third-order valence-electron chi connectivity index (χ3n) is 3.86. The molecule has 6 heteroatoms. The maximum absolute atomic E-state index is 12.5. The highest BCUT2D eigenvalue weighted by molar-refractivity contribution is 9.10. The van der Waals surface area contributed by atoms with Crippen molar-refractivity contribution in [3.8, 4) is 0 Å². The molecule has 0 unspecified atom stereocenters. The van der Waals surface area contributed by atoms with E-state index in [1.165, 1.54) is 16.2 Å². The first-order valence-corrected chi connectivity index (χ1v) is 8.34. The van der Waals surface area contributed by atoms with Gasteiger partial charge in [-0.2, -0.15) is 0 Å². The van der Waals surface area contributed by atoms with Gasteiger partial charge in [0.1, 0.15) is 0 Å². The van der Waals surface area contributed by atoms with Gasteiger partial charge < -0.3 is 10.0 Å². The molecule has 0 radical (unpaired) electrons. The summed E-state index contributed by atoms with van der Waals surface area (Å²) in [4.78, 5) is 27.9. The van der Waals surface area contributed by atoms with Gasteiger partial charge in [-0.1, -0.05) is 15.9 Å². The van der Waals surface area contributed by atoms with Gasteiger partial charge in [-0.15, -0.1) is 11.3 Å². The molecule has 0 fully saturated rings. The lowest BCUT2D eigenvalue weighted by molar-refractivity contribution is -0.135. The monoisotopic (exact) mass is 379 g/mol. The summed E-state index contributed by atoms with van der Waals surface area (Å²) >= 11 is 4.72. The Hall–Kier alpha value is -1.50. The average Bonchev–Trinajstić information content (AvgIpc) is 2.98. The number of ketones is 1. The average molecular weight is 380 g/mol. The lowest BCUT2D eigenvalue weighted by Gasteiger charge is -2.20. The molecule has 1 aliphatic heterocycles. The van der Waals surface area contributed by atoms with Crippen LogP contribution in [0, 0.1) is 6.92 Å². The topological polar surface area (TPSA) is 57.6 Å². The molecule has 0 aliphatic carbocycles. The van der Waals surface area contributed by atoms with Crippen molar-refractivity contribution in [1.29, 1.82) is 0 Å². The molecule has 1 N–H and O–H groups in total. The molecule has 0 saturated heterocycles. The molecule has 2 heterocycles. The van der Waals surface area contributed by atoms with Crippen LogP contribution in [0.3, 0.4) is 0 Å². The zero-order valence-corrected chi connectivity index (χ0v) is 14.5. The fourth-order valence-electron chi connectivity index (χ4n) is 2.71. The normalized spacial score (nSPS) is 20.4. The maximum atomic E-state index is 12.5. The van der Waals surface area contributed by atoms with E-state index in [2.05, 4.69) is 15.9 Å². The van der Waals surface area contributed by atoms with Crippen LogP contribution in [0.2, 0.25) is 0 Å². The van der Waals surface area contributed by atoms with Crippen LogP contribution in [-0.4, -0.2) is 23.8 Å². The van der Waals surface area contributed by atoms with Crippen molar-refractivity contribution in [2.75, 3.05) is 11.9 Å². The van der Waals surface area contributed by atoms with Crippen molar-refractivity contribution in [1.82, 2.24) is 0 Å². The minimum Gasteiger partial charge on any atom is -0.375 e. The number of amides is 1. The predicted octanol–water partition coefficient (Wildman–Crippen LogP) is 3.26. The zero-order chi connectivity index (χ0) is 16.1. The highest BCUT2D eigenvalue weighted by Gasteiger charge is 2.49. The van der Waals surface area contributed by atoms with Crippen LogP contribution in [0.4, 0.5) is 5.69 Å². The summed E-state index contributed by atoms with van der Waals surface area (Å²) in [6.07, 6.45) is -0.250. The standard InChI is InChI=1S/C16H14BrNO3S/c1-9-3-6-14(22-9)13(19)8-16(21)11-7-10(17)4-5-12(11)18(2)15(16)20/h3-7,21H,8H2,1-2H3/t16-/m1/s1. The third kappa shape index (κ3) is 2.31. The van der Waals surface area contributed by atoms with Crippen LogP contribution in [0.1, 0.15) is 26.5 Å². The van der Waals surface area contributed by atoms with E-state index in [0.717, 1.165) is 9.35 Å². The van der Waals surface area contributed by atoms with E-state index in [1.54, 1.807) is 31.3 Å². The van der Waals surface area contributed by atoms with Gasteiger partial charge in [-0.3, -0.25) is 9.59 Å². The molecule has 0 saturated carbocycles. The van der Waals surface area contributed by atoms with Crippen LogP contribution < -0.4 is 4.90 Å². The highest BCUT2D eigenvalue weighted by Crippen LogP contribution is 2.43. The van der Waals surface area contributed by atoms with Crippen molar-refractivity contribution in [2.24, 2.45) is 0 Å². The first-order chi connectivity index (χ1) is 10.3. The molecule has 1 aromatic heterocycles. The Balaban J connectivity index is 2.00. The van der Waals surface area contributed by atoms with E-state index in [1.807, 2.05) is 13.0 Å². The number of carbonyl (C=O) groups is 2. The summed E-state index contributed by atoms with van der Waals surface area (Å²) in [5.41, 5.74) is -0.704. The molecule has 2 aromatic rings. The van der Waals surface area contributed by atoms with Crippen molar-refractivity contribution < 1.29 is 14.7 Å². The summed E-state index contributed by atoms with van der Waals surface area (Å²) in [5, 5.41) is 10.9. The number of anilines is 1. The maximum Gasteiger partial charge on any atom is 0.263 e. The minimum atomic E-state index is -1.80. The lowest BCUT2D eigenvalue weighted by atomic mass is 9.89. The number of hydrogen-bond donors (Lipinski definition) is 1. The number of Topliss-reactive ketones (excluding diaryl/α,β-unsaturated/α-hetero) is 1. The second kappa shape index (κ2) is 5.30.